The van der Waals surface area contributed by atoms with Gasteiger partial charge in [-0.3, -0.25) is 11.3 Å². The number of hydrogen-bond acceptors (Lipinski definition) is 4. The van der Waals surface area contributed by atoms with Gasteiger partial charge in [0.1, 0.15) is 0 Å². The van der Waals surface area contributed by atoms with Crippen molar-refractivity contribution in [2.24, 2.45) is 5.84 Å². The second kappa shape index (κ2) is 5.17. The molecule has 0 aliphatic carbocycles. The molecule has 16 heavy (non-hydrogen) atoms. The van der Waals surface area contributed by atoms with Gasteiger partial charge in [0.2, 0.25) is 0 Å². The number of rotatable bonds is 3. The van der Waals surface area contributed by atoms with E-state index in [1.807, 2.05) is 6.26 Å². The maximum absolute atomic E-state index is 5.93. The Morgan fingerprint density at radius 3 is 2.81 bits per heavy atom. The predicted octanol–water partition coefficient (Wildman–Crippen LogP) is 1.47. The summed E-state index contributed by atoms with van der Waals surface area (Å²) in [6.45, 7) is 3.80. The van der Waals surface area contributed by atoms with Gasteiger partial charge in [-0.15, -0.1) is 0 Å². The highest BCUT2D eigenvalue weighted by molar-refractivity contribution is 5.16. The molecule has 92 valence electrons. The fourth-order valence-corrected chi connectivity index (χ4v) is 2.66. The Morgan fingerprint density at radius 2 is 2.25 bits per heavy atom. The number of hydrogen-bond donors (Lipinski definition) is 2. The van der Waals surface area contributed by atoms with Crippen LogP contribution < -0.4 is 11.3 Å². The van der Waals surface area contributed by atoms with Gasteiger partial charge in [-0.2, -0.15) is 0 Å². The summed E-state index contributed by atoms with van der Waals surface area (Å²) in [4.78, 5) is 0. The molecule has 0 spiro atoms. The quantitative estimate of drug-likeness (QED) is 0.565. The third-order valence-electron chi connectivity index (χ3n) is 3.61. The van der Waals surface area contributed by atoms with Crippen LogP contribution in [0.25, 0.3) is 0 Å². The largest absolute Gasteiger partial charge is 0.501 e. The van der Waals surface area contributed by atoms with Crippen LogP contribution in [-0.2, 0) is 9.47 Å². The summed E-state index contributed by atoms with van der Waals surface area (Å²) in [7, 11) is 0. The summed E-state index contributed by atoms with van der Waals surface area (Å²) >= 11 is 0. The lowest BCUT2D eigenvalue weighted by atomic mass is 9.83. The Hall–Kier alpha value is -0.580. The zero-order valence-corrected chi connectivity index (χ0v) is 10.00. The van der Waals surface area contributed by atoms with E-state index in [-0.39, 0.29) is 11.6 Å². The van der Waals surface area contributed by atoms with Gasteiger partial charge in [0.25, 0.3) is 0 Å². The fraction of sp³-hybridized carbons (Fsp3) is 0.833. The molecule has 2 rings (SSSR count). The Bertz CT molecular complexity index is 260. The fourth-order valence-electron chi connectivity index (χ4n) is 2.66. The minimum absolute atomic E-state index is 0.0769. The molecule has 4 heteroatoms. The van der Waals surface area contributed by atoms with Crippen molar-refractivity contribution in [2.75, 3.05) is 13.2 Å². The molecule has 0 amide bonds. The van der Waals surface area contributed by atoms with E-state index < -0.39 is 0 Å². The van der Waals surface area contributed by atoms with Crippen LogP contribution in [0.3, 0.4) is 0 Å². The van der Waals surface area contributed by atoms with Crippen molar-refractivity contribution in [1.29, 1.82) is 0 Å². The lowest BCUT2D eigenvalue weighted by Gasteiger charge is -2.41. The van der Waals surface area contributed by atoms with Crippen molar-refractivity contribution in [3.8, 4) is 0 Å². The summed E-state index contributed by atoms with van der Waals surface area (Å²) in [5, 5.41) is 0. The number of hydrazine groups is 1. The van der Waals surface area contributed by atoms with E-state index in [9.17, 15) is 0 Å². The molecule has 1 saturated heterocycles. The lowest BCUT2D eigenvalue weighted by Crippen LogP contribution is -2.55. The van der Waals surface area contributed by atoms with Crippen LogP contribution >= 0.6 is 0 Å². The lowest BCUT2D eigenvalue weighted by molar-refractivity contribution is -0.0826. The van der Waals surface area contributed by atoms with Crippen LogP contribution in [0, 0.1) is 0 Å². The highest BCUT2D eigenvalue weighted by atomic mass is 16.5. The molecule has 2 atom stereocenters. The maximum Gasteiger partial charge on any atom is 0.0876 e. The van der Waals surface area contributed by atoms with E-state index >= 15 is 0 Å². The Morgan fingerprint density at radius 1 is 1.38 bits per heavy atom. The van der Waals surface area contributed by atoms with Gasteiger partial charge < -0.3 is 9.47 Å². The van der Waals surface area contributed by atoms with Crippen LogP contribution in [0.5, 0.6) is 0 Å². The summed E-state index contributed by atoms with van der Waals surface area (Å²) in [6, 6.07) is 0.0769. The summed E-state index contributed by atoms with van der Waals surface area (Å²) in [5.74, 6) is 5.69. The zero-order valence-electron chi connectivity index (χ0n) is 10.00. The van der Waals surface area contributed by atoms with Crippen molar-refractivity contribution in [2.45, 2.75) is 50.7 Å². The third kappa shape index (κ3) is 2.39. The molecule has 3 N–H and O–H groups in total. The summed E-state index contributed by atoms with van der Waals surface area (Å²) in [6.07, 6.45) is 7.40. The number of ether oxygens (including phenoxy) is 2. The highest BCUT2D eigenvalue weighted by Crippen LogP contribution is 2.33. The molecule has 4 nitrogen and oxygen atoms in total. The smallest absolute Gasteiger partial charge is 0.0876 e. The van der Waals surface area contributed by atoms with Crippen LogP contribution in [0.15, 0.2) is 11.8 Å². The molecular weight excluding hydrogens is 204 g/mol. The maximum atomic E-state index is 5.93. The van der Waals surface area contributed by atoms with E-state index in [1.165, 1.54) is 12.0 Å². The Balaban J connectivity index is 2.10. The summed E-state index contributed by atoms with van der Waals surface area (Å²) in [5.41, 5.74) is 3.96. The SMILES string of the molecule is CC1(C(NN)C2=COCCC2)CCCCO1. The Labute approximate surface area is 97.1 Å². The minimum atomic E-state index is -0.181. The molecule has 0 aromatic carbocycles. The van der Waals surface area contributed by atoms with Crippen molar-refractivity contribution in [1.82, 2.24) is 5.43 Å². The van der Waals surface area contributed by atoms with Crippen LogP contribution in [0.2, 0.25) is 0 Å². The number of nitrogens with two attached hydrogens (primary N) is 1. The first-order valence-corrected chi connectivity index (χ1v) is 6.17. The average molecular weight is 226 g/mol. The van der Waals surface area contributed by atoms with Gasteiger partial charge in [0.15, 0.2) is 0 Å². The number of nitrogens with one attached hydrogen (secondary N) is 1. The zero-order chi connectivity index (χ0) is 11.4. The first kappa shape index (κ1) is 11.9. The molecule has 0 saturated carbocycles. The van der Waals surface area contributed by atoms with Gasteiger partial charge in [-0.25, -0.2) is 0 Å². The van der Waals surface area contributed by atoms with Crippen LogP contribution in [-0.4, -0.2) is 24.9 Å². The van der Waals surface area contributed by atoms with Gasteiger partial charge in [0, 0.05) is 6.61 Å². The molecule has 0 bridgehead atoms. The average Bonchev–Trinajstić information content (AvgIpc) is 2.32. The molecule has 1 fully saturated rings. The molecule has 0 aromatic heterocycles. The van der Waals surface area contributed by atoms with E-state index in [2.05, 4.69) is 12.3 Å². The molecular formula is C12H22N2O2. The van der Waals surface area contributed by atoms with Crippen molar-refractivity contribution >= 4 is 0 Å². The van der Waals surface area contributed by atoms with Crippen molar-refractivity contribution < 1.29 is 9.47 Å². The molecule has 0 aromatic rings. The highest BCUT2D eigenvalue weighted by Gasteiger charge is 2.38. The van der Waals surface area contributed by atoms with Crippen LogP contribution in [0.4, 0.5) is 0 Å². The normalized spacial score (nSPS) is 32.8. The molecule has 2 unspecified atom stereocenters. The monoisotopic (exact) mass is 226 g/mol. The van der Waals surface area contributed by atoms with Gasteiger partial charge in [0.05, 0.1) is 24.5 Å². The topological polar surface area (TPSA) is 56.5 Å². The molecule has 2 aliphatic rings. The van der Waals surface area contributed by atoms with E-state index in [4.69, 9.17) is 15.3 Å². The van der Waals surface area contributed by atoms with Crippen molar-refractivity contribution in [3.05, 3.63) is 11.8 Å². The van der Waals surface area contributed by atoms with Gasteiger partial charge in [-0.1, -0.05) is 0 Å². The van der Waals surface area contributed by atoms with Crippen molar-refractivity contribution in [3.63, 3.8) is 0 Å². The molecule has 0 radical (unpaired) electrons. The second-order valence-corrected chi connectivity index (χ2v) is 4.89. The standard InChI is InChI=1S/C12H22N2O2/c1-12(6-2-3-8-16-12)11(14-13)10-5-4-7-15-9-10/h9,11,14H,2-8,13H2,1H3. The predicted molar refractivity (Wildman–Crippen MR) is 62.6 cm³/mol. The second-order valence-electron chi connectivity index (χ2n) is 4.89. The molecule has 2 heterocycles. The van der Waals surface area contributed by atoms with E-state index in [1.54, 1.807) is 0 Å². The van der Waals surface area contributed by atoms with Gasteiger partial charge >= 0.3 is 0 Å². The third-order valence-corrected chi connectivity index (χ3v) is 3.61. The first-order chi connectivity index (χ1) is 7.76. The van der Waals surface area contributed by atoms with Gasteiger partial charge in [-0.05, 0) is 44.6 Å². The van der Waals surface area contributed by atoms with E-state index in [0.29, 0.717) is 0 Å². The first-order valence-electron chi connectivity index (χ1n) is 6.17. The van der Waals surface area contributed by atoms with Crippen LogP contribution in [0.1, 0.15) is 39.0 Å². The van der Waals surface area contributed by atoms with E-state index in [0.717, 1.165) is 38.9 Å². The molecule has 2 aliphatic heterocycles. The Kier molecular flexibility index (Phi) is 3.84. The summed E-state index contributed by atoms with van der Waals surface area (Å²) < 4.78 is 11.3. The minimum Gasteiger partial charge on any atom is -0.501 e.